The molecule has 0 saturated heterocycles. The molecule has 0 atom stereocenters. The number of phenolic OH excluding ortho intramolecular Hbond substituents is 1. The molecule has 0 aliphatic heterocycles. The molecule has 0 unspecified atom stereocenters. The molecule has 120 valence electrons. The van der Waals surface area contributed by atoms with Crippen molar-refractivity contribution in [3.63, 3.8) is 0 Å². The van der Waals surface area contributed by atoms with Gasteiger partial charge in [0.25, 0.3) is 5.91 Å². The van der Waals surface area contributed by atoms with E-state index in [9.17, 15) is 14.7 Å². The Labute approximate surface area is 146 Å². The van der Waals surface area contributed by atoms with Crippen LogP contribution in [0.15, 0.2) is 36.4 Å². The fourth-order valence-corrected chi connectivity index (χ4v) is 2.25. The summed E-state index contributed by atoms with van der Waals surface area (Å²) in [6.45, 7) is -0.523. The smallest absolute Gasteiger partial charge is 0.338 e. The van der Waals surface area contributed by atoms with Crippen molar-refractivity contribution in [2.24, 2.45) is 0 Å². The molecule has 2 aromatic rings. The summed E-state index contributed by atoms with van der Waals surface area (Å²) in [4.78, 5) is 23.5. The molecule has 2 N–H and O–H groups in total. The number of anilines is 1. The standard InChI is InChI=1S/C15H10Cl3NO4/c16-10-5-12(18)13(6-11(10)17)19-14(21)7-23-15(22)8-2-1-3-9(20)4-8/h1-6,20H,7H2,(H,19,21). The molecule has 0 radical (unpaired) electrons. The van der Waals surface area contributed by atoms with Crippen LogP contribution >= 0.6 is 34.8 Å². The molecule has 0 saturated carbocycles. The molecule has 1 amide bonds. The minimum absolute atomic E-state index is 0.0773. The number of ether oxygens (including phenoxy) is 1. The van der Waals surface area contributed by atoms with E-state index in [2.05, 4.69) is 5.32 Å². The molecule has 23 heavy (non-hydrogen) atoms. The highest BCUT2D eigenvalue weighted by Gasteiger charge is 2.13. The SMILES string of the molecule is O=C(COC(=O)c1cccc(O)c1)Nc1cc(Cl)c(Cl)cc1Cl. The summed E-state index contributed by atoms with van der Waals surface area (Å²) in [6, 6.07) is 8.37. The number of hydrogen-bond acceptors (Lipinski definition) is 4. The number of halogens is 3. The first-order valence-electron chi connectivity index (χ1n) is 6.27. The summed E-state index contributed by atoms with van der Waals surface area (Å²) in [5.74, 6) is -1.42. The quantitative estimate of drug-likeness (QED) is 0.623. The minimum Gasteiger partial charge on any atom is -0.508 e. The Morgan fingerprint density at radius 3 is 2.43 bits per heavy atom. The van der Waals surface area contributed by atoms with E-state index in [1.165, 1.54) is 36.4 Å². The van der Waals surface area contributed by atoms with Crippen LogP contribution in [-0.2, 0) is 9.53 Å². The first-order chi connectivity index (χ1) is 10.9. The molecule has 0 aliphatic carbocycles. The molecule has 0 aromatic heterocycles. The van der Waals surface area contributed by atoms with Gasteiger partial charge in [0.15, 0.2) is 6.61 Å². The first kappa shape index (κ1) is 17.4. The Kier molecular flexibility index (Phi) is 5.71. The van der Waals surface area contributed by atoms with Gasteiger partial charge < -0.3 is 15.2 Å². The molecule has 0 aliphatic rings. The van der Waals surface area contributed by atoms with Gasteiger partial charge in [-0.05, 0) is 30.3 Å². The average molecular weight is 375 g/mol. The predicted molar refractivity (Wildman–Crippen MR) is 88.5 cm³/mol. The zero-order chi connectivity index (χ0) is 17.0. The number of nitrogens with one attached hydrogen (secondary N) is 1. The van der Waals surface area contributed by atoms with Crippen LogP contribution in [0.2, 0.25) is 15.1 Å². The van der Waals surface area contributed by atoms with Crippen molar-refractivity contribution in [1.82, 2.24) is 0 Å². The van der Waals surface area contributed by atoms with Gasteiger partial charge in [-0.25, -0.2) is 4.79 Å². The van der Waals surface area contributed by atoms with Crippen molar-refractivity contribution in [2.75, 3.05) is 11.9 Å². The van der Waals surface area contributed by atoms with Gasteiger partial charge in [-0.15, -0.1) is 0 Å². The molecule has 5 nitrogen and oxygen atoms in total. The zero-order valence-corrected chi connectivity index (χ0v) is 13.7. The summed E-state index contributed by atoms with van der Waals surface area (Å²) in [7, 11) is 0. The van der Waals surface area contributed by atoms with Gasteiger partial charge in [0.1, 0.15) is 5.75 Å². The highest BCUT2D eigenvalue weighted by molar-refractivity contribution is 6.44. The number of carbonyl (C=O) groups excluding carboxylic acids is 2. The Morgan fingerprint density at radius 1 is 1.04 bits per heavy atom. The Balaban J connectivity index is 1.95. The molecular formula is C15H10Cl3NO4. The summed E-state index contributed by atoms with van der Waals surface area (Å²) < 4.78 is 4.85. The van der Waals surface area contributed by atoms with Crippen molar-refractivity contribution in [1.29, 1.82) is 0 Å². The summed E-state index contributed by atoms with van der Waals surface area (Å²) in [6.07, 6.45) is 0. The maximum absolute atomic E-state index is 11.8. The number of aromatic hydroxyl groups is 1. The van der Waals surface area contributed by atoms with Crippen LogP contribution in [0.1, 0.15) is 10.4 Å². The second-order valence-electron chi connectivity index (χ2n) is 4.42. The van der Waals surface area contributed by atoms with Crippen molar-refractivity contribution in [3.8, 4) is 5.75 Å². The number of esters is 1. The maximum Gasteiger partial charge on any atom is 0.338 e. The third kappa shape index (κ3) is 4.76. The van der Waals surface area contributed by atoms with E-state index in [0.29, 0.717) is 0 Å². The lowest BCUT2D eigenvalue weighted by Gasteiger charge is -2.09. The molecule has 0 spiro atoms. The fraction of sp³-hybridized carbons (Fsp3) is 0.0667. The molecule has 8 heteroatoms. The van der Waals surface area contributed by atoms with Crippen LogP contribution in [0.5, 0.6) is 5.75 Å². The Morgan fingerprint density at radius 2 is 1.74 bits per heavy atom. The number of phenols is 1. The molecular weight excluding hydrogens is 365 g/mol. The van der Waals surface area contributed by atoms with Crippen LogP contribution in [0.4, 0.5) is 5.69 Å². The third-order valence-electron chi connectivity index (χ3n) is 2.70. The lowest BCUT2D eigenvalue weighted by molar-refractivity contribution is -0.119. The number of rotatable bonds is 4. The van der Waals surface area contributed by atoms with Crippen LogP contribution in [0.3, 0.4) is 0 Å². The van der Waals surface area contributed by atoms with Crippen LogP contribution in [0.25, 0.3) is 0 Å². The topological polar surface area (TPSA) is 75.6 Å². The van der Waals surface area contributed by atoms with Crippen LogP contribution in [0, 0.1) is 0 Å². The lowest BCUT2D eigenvalue weighted by atomic mass is 10.2. The lowest BCUT2D eigenvalue weighted by Crippen LogP contribution is -2.21. The molecule has 0 bridgehead atoms. The molecule has 2 rings (SSSR count). The zero-order valence-electron chi connectivity index (χ0n) is 11.5. The van der Waals surface area contributed by atoms with Gasteiger partial charge in [0.05, 0.1) is 26.3 Å². The summed E-state index contributed by atoms with van der Waals surface area (Å²) in [5.41, 5.74) is 0.379. The number of amides is 1. The second kappa shape index (κ2) is 7.55. The molecule has 0 heterocycles. The predicted octanol–water partition coefficient (Wildman–Crippen LogP) is 4.15. The van der Waals surface area contributed by atoms with Crippen LogP contribution in [-0.4, -0.2) is 23.6 Å². The first-order valence-corrected chi connectivity index (χ1v) is 7.41. The van der Waals surface area contributed by atoms with E-state index < -0.39 is 18.5 Å². The van der Waals surface area contributed by atoms with Crippen LogP contribution < -0.4 is 5.32 Å². The largest absolute Gasteiger partial charge is 0.508 e. The normalized spacial score (nSPS) is 10.2. The van der Waals surface area contributed by atoms with Gasteiger partial charge in [-0.2, -0.15) is 0 Å². The van der Waals surface area contributed by atoms with E-state index in [-0.39, 0.29) is 32.1 Å². The summed E-state index contributed by atoms with van der Waals surface area (Å²) >= 11 is 17.6. The second-order valence-corrected chi connectivity index (χ2v) is 5.64. The minimum atomic E-state index is -0.740. The number of hydrogen-bond donors (Lipinski definition) is 2. The highest BCUT2D eigenvalue weighted by Crippen LogP contribution is 2.32. The van der Waals surface area contributed by atoms with Crippen molar-refractivity contribution < 1.29 is 19.4 Å². The van der Waals surface area contributed by atoms with E-state index in [1.54, 1.807) is 0 Å². The van der Waals surface area contributed by atoms with Crippen molar-refractivity contribution in [3.05, 3.63) is 57.0 Å². The van der Waals surface area contributed by atoms with Gasteiger partial charge >= 0.3 is 5.97 Å². The fourth-order valence-electron chi connectivity index (χ4n) is 1.65. The Bertz CT molecular complexity index is 764. The van der Waals surface area contributed by atoms with Gasteiger partial charge in [-0.3, -0.25) is 4.79 Å². The highest BCUT2D eigenvalue weighted by atomic mass is 35.5. The number of benzene rings is 2. The van der Waals surface area contributed by atoms with E-state index in [4.69, 9.17) is 39.5 Å². The van der Waals surface area contributed by atoms with E-state index in [0.717, 1.165) is 0 Å². The average Bonchev–Trinajstić information content (AvgIpc) is 2.50. The van der Waals surface area contributed by atoms with Gasteiger partial charge in [0.2, 0.25) is 0 Å². The molecule has 0 fully saturated rings. The summed E-state index contributed by atoms with van der Waals surface area (Å²) in [5, 5.41) is 12.4. The van der Waals surface area contributed by atoms with Crippen molar-refractivity contribution >= 4 is 52.4 Å². The van der Waals surface area contributed by atoms with Gasteiger partial charge in [-0.1, -0.05) is 40.9 Å². The van der Waals surface area contributed by atoms with Gasteiger partial charge in [0, 0.05) is 0 Å². The number of carbonyl (C=O) groups is 2. The van der Waals surface area contributed by atoms with E-state index >= 15 is 0 Å². The van der Waals surface area contributed by atoms with Crippen molar-refractivity contribution in [2.45, 2.75) is 0 Å². The molecule has 2 aromatic carbocycles. The Hall–Kier alpha value is -1.95. The maximum atomic E-state index is 11.8. The monoisotopic (exact) mass is 373 g/mol. The third-order valence-corrected chi connectivity index (χ3v) is 3.74. The van der Waals surface area contributed by atoms with E-state index in [1.807, 2.05) is 0 Å².